The zero-order chi connectivity index (χ0) is 14.1. The molecule has 2 N–H and O–H groups in total. The second-order valence-electron chi connectivity index (χ2n) is 4.68. The number of aryl methyl sites for hydroxylation is 2. The van der Waals surface area contributed by atoms with Crippen molar-refractivity contribution in [2.75, 3.05) is 0 Å². The van der Waals surface area contributed by atoms with Crippen LogP contribution in [0.2, 0.25) is 0 Å². The van der Waals surface area contributed by atoms with E-state index in [0.29, 0.717) is 18.7 Å². The normalized spacial score (nSPS) is 12.9. The molecule has 1 aromatic carbocycles. The number of fused-ring (bicyclic) bond motifs is 1. The summed E-state index contributed by atoms with van der Waals surface area (Å²) in [4.78, 5) is 11.8. The van der Waals surface area contributed by atoms with E-state index in [9.17, 15) is 4.79 Å². The topological polar surface area (TPSA) is 91.9 Å². The van der Waals surface area contributed by atoms with Crippen molar-refractivity contribution in [3.8, 4) is 0 Å². The molecular weight excluding hydrogens is 258 g/mol. The van der Waals surface area contributed by atoms with Gasteiger partial charge in [-0.15, -0.1) is 5.10 Å². The van der Waals surface area contributed by atoms with Gasteiger partial charge in [0.15, 0.2) is 5.58 Å². The first-order chi connectivity index (χ1) is 9.65. The maximum Gasteiger partial charge on any atom is 0.420 e. The predicted octanol–water partition coefficient (Wildman–Crippen LogP) is 0.906. The molecule has 1 atom stereocenters. The Hall–Kier alpha value is -2.41. The Morgan fingerprint density at radius 3 is 2.90 bits per heavy atom. The largest absolute Gasteiger partial charge is 0.420 e. The third-order valence-corrected chi connectivity index (χ3v) is 3.15. The average molecular weight is 273 g/mol. The Bertz CT molecular complexity index is 783. The Labute approximate surface area is 114 Å². The van der Waals surface area contributed by atoms with Crippen LogP contribution in [-0.4, -0.2) is 19.6 Å². The minimum Gasteiger partial charge on any atom is -0.408 e. The van der Waals surface area contributed by atoms with Crippen molar-refractivity contribution in [1.29, 1.82) is 0 Å². The molecule has 0 aliphatic carbocycles. The highest BCUT2D eigenvalue weighted by Crippen LogP contribution is 2.11. The molecule has 1 unspecified atom stereocenters. The summed E-state index contributed by atoms with van der Waals surface area (Å²) in [6, 6.07) is 7.19. The van der Waals surface area contributed by atoms with Crippen LogP contribution in [0.25, 0.3) is 11.1 Å². The third-order valence-electron chi connectivity index (χ3n) is 3.15. The lowest BCUT2D eigenvalue weighted by atomic mass is 10.3. The lowest BCUT2D eigenvalue weighted by Gasteiger charge is -2.02. The highest BCUT2D eigenvalue weighted by Gasteiger charge is 2.09. The fourth-order valence-corrected chi connectivity index (χ4v) is 2.06. The monoisotopic (exact) mass is 273 g/mol. The van der Waals surface area contributed by atoms with Crippen molar-refractivity contribution in [1.82, 2.24) is 19.6 Å². The number of nitrogens with zero attached hydrogens (tertiary/aromatic N) is 4. The average Bonchev–Trinajstić information content (AvgIpc) is 3.00. The van der Waals surface area contributed by atoms with Gasteiger partial charge in [0.25, 0.3) is 0 Å². The molecular formula is C13H15N5O2. The van der Waals surface area contributed by atoms with Crippen LogP contribution in [0.1, 0.15) is 18.7 Å². The fourth-order valence-electron chi connectivity index (χ4n) is 2.06. The summed E-state index contributed by atoms with van der Waals surface area (Å²) in [5, 5.41) is 7.96. The molecule has 7 heteroatoms. The second kappa shape index (κ2) is 4.93. The maximum atomic E-state index is 11.8. The molecule has 104 valence electrons. The summed E-state index contributed by atoms with van der Waals surface area (Å²) in [7, 11) is 0. The van der Waals surface area contributed by atoms with E-state index in [1.165, 1.54) is 0 Å². The zero-order valence-corrected chi connectivity index (χ0v) is 11.1. The van der Waals surface area contributed by atoms with Crippen molar-refractivity contribution >= 4 is 11.1 Å². The van der Waals surface area contributed by atoms with Gasteiger partial charge in [-0.3, -0.25) is 9.25 Å². The number of aromatic nitrogens is 4. The van der Waals surface area contributed by atoms with E-state index in [1.54, 1.807) is 21.5 Å². The summed E-state index contributed by atoms with van der Waals surface area (Å²) < 4.78 is 8.43. The molecule has 3 aromatic rings. The van der Waals surface area contributed by atoms with Crippen LogP contribution >= 0.6 is 0 Å². The highest BCUT2D eigenvalue weighted by molar-refractivity contribution is 5.72. The number of rotatable bonds is 4. The molecule has 2 heterocycles. The van der Waals surface area contributed by atoms with Crippen LogP contribution in [0.15, 0.2) is 39.7 Å². The molecule has 7 nitrogen and oxygen atoms in total. The standard InChI is InChI=1S/C13H15N5O2/c1-9(14)10-8-17(16-15-10)6-7-18-11-4-2-3-5-12(11)20-13(18)19/h2-5,8-9H,6-7,14H2,1H3. The van der Waals surface area contributed by atoms with Gasteiger partial charge in [0.2, 0.25) is 0 Å². The summed E-state index contributed by atoms with van der Waals surface area (Å²) in [6.45, 7) is 2.85. The minimum absolute atomic E-state index is 0.152. The molecule has 0 aliphatic rings. The molecule has 2 aromatic heterocycles. The number of nitrogens with two attached hydrogens (primary N) is 1. The third kappa shape index (κ3) is 2.23. The zero-order valence-electron chi connectivity index (χ0n) is 11.1. The van der Waals surface area contributed by atoms with E-state index in [1.807, 2.05) is 25.1 Å². The van der Waals surface area contributed by atoms with Crippen LogP contribution in [0.5, 0.6) is 0 Å². The van der Waals surface area contributed by atoms with Gasteiger partial charge >= 0.3 is 5.76 Å². The Balaban J connectivity index is 1.83. The summed E-state index contributed by atoms with van der Waals surface area (Å²) in [5.74, 6) is -0.362. The smallest absolute Gasteiger partial charge is 0.408 e. The molecule has 0 fully saturated rings. The highest BCUT2D eigenvalue weighted by atomic mass is 16.4. The molecule has 0 aliphatic heterocycles. The summed E-state index contributed by atoms with van der Waals surface area (Å²) in [5.41, 5.74) is 7.83. The molecule has 20 heavy (non-hydrogen) atoms. The first kappa shape index (κ1) is 12.6. The Morgan fingerprint density at radius 2 is 2.15 bits per heavy atom. The first-order valence-corrected chi connectivity index (χ1v) is 6.39. The van der Waals surface area contributed by atoms with Gasteiger partial charge in [-0.2, -0.15) is 0 Å². The van der Waals surface area contributed by atoms with E-state index in [2.05, 4.69) is 10.3 Å². The van der Waals surface area contributed by atoms with Crippen LogP contribution in [-0.2, 0) is 13.1 Å². The Morgan fingerprint density at radius 1 is 1.35 bits per heavy atom. The SMILES string of the molecule is CC(N)c1cn(CCn2c(=O)oc3ccccc32)nn1. The fraction of sp³-hybridized carbons (Fsp3) is 0.308. The van der Waals surface area contributed by atoms with Gasteiger partial charge in [0.05, 0.1) is 24.0 Å². The first-order valence-electron chi connectivity index (χ1n) is 6.39. The molecule has 0 saturated heterocycles. The molecule has 3 rings (SSSR count). The van der Waals surface area contributed by atoms with Gasteiger partial charge in [-0.25, -0.2) is 4.79 Å². The second-order valence-corrected chi connectivity index (χ2v) is 4.68. The van der Waals surface area contributed by atoms with E-state index in [0.717, 1.165) is 11.2 Å². The van der Waals surface area contributed by atoms with E-state index < -0.39 is 0 Å². The van der Waals surface area contributed by atoms with Gasteiger partial charge in [0.1, 0.15) is 0 Å². The summed E-state index contributed by atoms with van der Waals surface area (Å²) >= 11 is 0. The van der Waals surface area contributed by atoms with E-state index in [4.69, 9.17) is 10.2 Å². The van der Waals surface area contributed by atoms with Crippen molar-refractivity contribution in [2.24, 2.45) is 5.73 Å². The molecule has 0 saturated carbocycles. The van der Waals surface area contributed by atoms with Gasteiger partial charge in [-0.05, 0) is 19.1 Å². The van der Waals surface area contributed by atoms with Gasteiger partial charge in [-0.1, -0.05) is 17.3 Å². The van der Waals surface area contributed by atoms with Crippen LogP contribution in [0.3, 0.4) is 0 Å². The van der Waals surface area contributed by atoms with E-state index in [-0.39, 0.29) is 11.8 Å². The van der Waals surface area contributed by atoms with Crippen LogP contribution in [0.4, 0.5) is 0 Å². The lowest BCUT2D eigenvalue weighted by molar-refractivity contribution is 0.466. The quantitative estimate of drug-likeness (QED) is 0.762. The van der Waals surface area contributed by atoms with Gasteiger partial charge < -0.3 is 10.2 Å². The number of hydrogen-bond donors (Lipinski definition) is 1. The van der Waals surface area contributed by atoms with Gasteiger partial charge in [0, 0.05) is 12.6 Å². The molecule has 0 radical (unpaired) electrons. The maximum absolute atomic E-state index is 11.8. The van der Waals surface area contributed by atoms with E-state index >= 15 is 0 Å². The summed E-state index contributed by atoms with van der Waals surface area (Å²) in [6.07, 6.45) is 1.79. The number of benzene rings is 1. The molecule has 0 bridgehead atoms. The Kier molecular flexibility index (Phi) is 3.11. The lowest BCUT2D eigenvalue weighted by Crippen LogP contribution is -2.18. The number of oxazole rings is 1. The van der Waals surface area contributed by atoms with Crippen molar-refractivity contribution in [3.63, 3.8) is 0 Å². The number of para-hydroxylation sites is 2. The van der Waals surface area contributed by atoms with Crippen LogP contribution < -0.4 is 11.5 Å². The van der Waals surface area contributed by atoms with Crippen molar-refractivity contribution < 1.29 is 4.42 Å². The van der Waals surface area contributed by atoms with Crippen molar-refractivity contribution in [3.05, 3.63) is 46.7 Å². The van der Waals surface area contributed by atoms with Crippen LogP contribution in [0, 0.1) is 0 Å². The number of hydrogen-bond acceptors (Lipinski definition) is 5. The molecule has 0 spiro atoms. The minimum atomic E-state index is -0.362. The molecule has 0 amide bonds. The predicted molar refractivity (Wildman–Crippen MR) is 73.1 cm³/mol. The van der Waals surface area contributed by atoms with Crippen molar-refractivity contribution in [2.45, 2.75) is 26.1 Å².